The standard InChI is InChI=1S/C22H22FNO6S/c1-3-29-22(28)18-15(11-4-6-12(23)7-5-11)10(2)31-20(18)24-19(25)16-13-8-9-14(30-13)17(16)21(26)27/h4-7,13-14,16-17H,3,8-9H2,1-2H3,(H,24,25)(H,26,27)/t13-,14+,16-,17-/m0/s1. The maximum Gasteiger partial charge on any atom is 0.341 e. The highest BCUT2D eigenvalue weighted by atomic mass is 32.1. The van der Waals surface area contributed by atoms with Crippen LogP contribution in [0.5, 0.6) is 0 Å². The molecule has 7 nitrogen and oxygen atoms in total. The van der Waals surface area contributed by atoms with Gasteiger partial charge in [0.25, 0.3) is 0 Å². The van der Waals surface area contributed by atoms with E-state index in [1.54, 1.807) is 26.0 Å². The van der Waals surface area contributed by atoms with Gasteiger partial charge in [-0.25, -0.2) is 9.18 Å². The summed E-state index contributed by atoms with van der Waals surface area (Å²) >= 11 is 1.20. The molecule has 2 aliphatic heterocycles. The summed E-state index contributed by atoms with van der Waals surface area (Å²) in [5, 5.41) is 12.6. The van der Waals surface area contributed by atoms with E-state index in [-0.39, 0.29) is 17.2 Å². The van der Waals surface area contributed by atoms with E-state index in [1.165, 1.54) is 23.5 Å². The maximum atomic E-state index is 13.4. The van der Waals surface area contributed by atoms with E-state index in [0.29, 0.717) is 24.0 Å². The third-order valence-electron chi connectivity index (χ3n) is 5.79. The Morgan fingerprint density at radius 3 is 2.45 bits per heavy atom. The maximum absolute atomic E-state index is 13.4. The summed E-state index contributed by atoms with van der Waals surface area (Å²) < 4.78 is 24.3. The highest BCUT2D eigenvalue weighted by molar-refractivity contribution is 7.17. The zero-order valence-corrected chi connectivity index (χ0v) is 17.8. The molecular weight excluding hydrogens is 425 g/mol. The Hall–Kier alpha value is -2.78. The van der Waals surface area contributed by atoms with Crippen molar-refractivity contribution in [3.8, 4) is 11.1 Å². The van der Waals surface area contributed by atoms with Gasteiger partial charge in [0.1, 0.15) is 16.4 Å². The number of hydrogen-bond acceptors (Lipinski definition) is 6. The summed E-state index contributed by atoms with van der Waals surface area (Å²) in [6, 6.07) is 5.71. The molecule has 2 N–H and O–H groups in total. The van der Waals surface area contributed by atoms with Crippen LogP contribution in [0.2, 0.25) is 0 Å². The van der Waals surface area contributed by atoms with Gasteiger partial charge in [0, 0.05) is 10.4 Å². The lowest BCUT2D eigenvalue weighted by Gasteiger charge is -2.23. The Labute approximate surface area is 182 Å². The lowest BCUT2D eigenvalue weighted by Crippen LogP contribution is -2.41. The minimum atomic E-state index is -1.06. The lowest BCUT2D eigenvalue weighted by atomic mass is 9.78. The summed E-state index contributed by atoms with van der Waals surface area (Å²) in [4.78, 5) is 38.4. The van der Waals surface area contributed by atoms with Crippen molar-refractivity contribution in [1.82, 2.24) is 0 Å². The fraction of sp³-hybridized carbons (Fsp3) is 0.409. The molecule has 0 aliphatic carbocycles. The van der Waals surface area contributed by atoms with Crippen molar-refractivity contribution >= 4 is 34.2 Å². The quantitative estimate of drug-likeness (QED) is 0.652. The molecule has 1 amide bonds. The number of fused-ring (bicyclic) bond motifs is 2. The number of rotatable bonds is 6. The van der Waals surface area contributed by atoms with Crippen molar-refractivity contribution in [2.75, 3.05) is 11.9 Å². The fourth-order valence-corrected chi connectivity index (χ4v) is 5.58. The van der Waals surface area contributed by atoms with Crippen molar-refractivity contribution in [2.45, 2.75) is 38.9 Å². The molecule has 9 heteroatoms. The van der Waals surface area contributed by atoms with Gasteiger partial charge in [0.2, 0.25) is 5.91 Å². The number of anilines is 1. The first-order valence-corrected chi connectivity index (χ1v) is 10.9. The molecule has 164 valence electrons. The first kappa shape index (κ1) is 21.5. The number of carboxylic acid groups (broad SMARTS) is 1. The number of ether oxygens (including phenoxy) is 2. The van der Waals surface area contributed by atoms with Crippen molar-refractivity contribution in [3.63, 3.8) is 0 Å². The molecular formula is C22H22FNO6S. The predicted octanol–water partition coefficient (Wildman–Crippen LogP) is 3.86. The Bertz CT molecular complexity index is 1030. The van der Waals surface area contributed by atoms with Gasteiger partial charge in [-0.2, -0.15) is 0 Å². The zero-order chi connectivity index (χ0) is 22.3. The number of thiophene rings is 1. The molecule has 31 heavy (non-hydrogen) atoms. The molecule has 2 aliphatic rings. The molecule has 2 fully saturated rings. The Morgan fingerprint density at radius 1 is 1.19 bits per heavy atom. The summed E-state index contributed by atoms with van der Waals surface area (Å²) in [6.45, 7) is 3.62. The van der Waals surface area contributed by atoms with E-state index < -0.39 is 47.7 Å². The molecule has 0 radical (unpaired) electrons. The number of nitrogens with one attached hydrogen (secondary N) is 1. The molecule has 0 unspecified atom stereocenters. The number of amides is 1. The highest BCUT2D eigenvalue weighted by Gasteiger charge is 2.55. The van der Waals surface area contributed by atoms with Crippen molar-refractivity contribution < 1.29 is 33.4 Å². The van der Waals surface area contributed by atoms with E-state index in [9.17, 15) is 23.9 Å². The van der Waals surface area contributed by atoms with Crippen molar-refractivity contribution in [2.24, 2.45) is 11.8 Å². The van der Waals surface area contributed by atoms with Crippen LogP contribution >= 0.6 is 11.3 Å². The van der Waals surface area contributed by atoms with Gasteiger partial charge in [-0.3, -0.25) is 9.59 Å². The number of halogens is 1. The minimum Gasteiger partial charge on any atom is -0.481 e. The Morgan fingerprint density at radius 2 is 1.84 bits per heavy atom. The molecule has 1 aromatic carbocycles. The second kappa shape index (κ2) is 8.39. The fourth-order valence-electron chi connectivity index (χ4n) is 4.51. The number of hydrogen-bond donors (Lipinski definition) is 2. The summed E-state index contributed by atoms with van der Waals surface area (Å²) in [7, 11) is 0. The van der Waals surface area contributed by atoms with Crippen LogP contribution in [-0.2, 0) is 19.1 Å². The molecule has 4 rings (SSSR count). The molecule has 3 heterocycles. The Kier molecular flexibility index (Phi) is 5.81. The average Bonchev–Trinajstić information content (AvgIpc) is 3.41. The normalized spacial score (nSPS) is 24.2. The molecule has 4 atom stereocenters. The van der Waals surface area contributed by atoms with Crippen LogP contribution in [0.4, 0.5) is 9.39 Å². The van der Waals surface area contributed by atoms with Gasteiger partial charge < -0.3 is 19.9 Å². The first-order valence-electron chi connectivity index (χ1n) is 10.1. The predicted molar refractivity (Wildman–Crippen MR) is 112 cm³/mol. The molecule has 0 spiro atoms. The SMILES string of the molecule is CCOC(=O)c1c(NC(=O)[C@@H]2[C@@H](C(=O)O)[C@H]3CC[C@@H]2O3)sc(C)c1-c1ccc(F)cc1. The molecule has 2 saturated heterocycles. The van der Waals surface area contributed by atoms with Crippen LogP contribution in [0.15, 0.2) is 24.3 Å². The van der Waals surface area contributed by atoms with Gasteiger partial charge >= 0.3 is 11.9 Å². The topological polar surface area (TPSA) is 102 Å². The number of carboxylic acids is 1. The minimum absolute atomic E-state index is 0.144. The smallest absolute Gasteiger partial charge is 0.341 e. The summed E-state index contributed by atoms with van der Waals surface area (Å²) in [5.74, 6) is -4.31. The monoisotopic (exact) mass is 447 g/mol. The van der Waals surface area contributed by atoms with Crippen molar-refractivity contribution in [1.29, 1.82) is 0 Å². The van der Waals surface area contributed by atoms with Crippen LogP contribution in [0.25, 0.3) is 11.1 Å². The highest BCUT2D eigenvalue weighted by Crippen LogP contribution is 2.45. The third-order valence-corrected chi connectivity index (χ3v) is 6.82. The second-order valence-corrected chi connectivity index (χ2v) is 8.86. The van der Waals surface area contributed by atoms with E-state index in [0.717, 1.165) is 4.88 Å². The number of esters is 1. The molecule has 0 saturated carbocycles. The zero-order valence-electron chi connectivity index (χ0n) is 17.0. The van der Waals surface area contributed by atoms with Crippen LogP contribution in [-0.4, -0.2) is 41.8 Å². The van der Waals surface area contributed by atoms with Gasteiger partial charge in [0.15, 0.2) is 0 Å². The first-order chi connectivity index (χ1) is 14.8. The van der Waals surface area contributed by atoms with Gasteiger partial charge in [-0.1, -0.05) is 12.1 Å². The van der Waals surface area contributed by atoms with E-state index in [4.69, 9.17) is 9.47 Å². The van der Waals surface area contributed by atoms with E-state index >= 15 is 0 Å². The summed E-state index contributed by atoms with van der Waals surface area (Å²) in [5.41, 5.74) is 1.35. The molecule has 2 aromatic rings. The van der Waals surface area contributed by atoms with Gasteiger partial charge in [-0.05, 0) is 44.4 Å². The summed E-state index contributed by atoms with van der Waals surface area (Å²) in [6.07, 6.45) is 0.325. The number of aryl methyl sites for hydroxylation is 1. The van der Waals surface area contributed by atoms with Crippen LogP contribution in [0.3, 0.4) is 0 Å². The van der Waals surface area contributed by atoms with Gasteiger partial charge in [-0.15, -0.1) is 11.3 Å². The largest absolute Gasteiger partial charge is 0.481 e. The van der Waals surface area contributed by atoms with Gasteiger partial charge in [0.05, 0.1) is 30.7 Å². The molecule has 1 aromatic heterocycles. The average molecular weight is 447 g/mol. The van der Waals surface area contributed by atoms with Crippen LogP contribution in [0, 0.1) is 24.6 Å². The number of carbonyl (C=O) groups is 3. The van der Waals surface area contributed by atoms with E-state index in [2.05, 4.69) is 5.32 Å². The number of carbonyl (C=O) groups excluding carboxylic acids is 2. The number of aliphatic carboxylic acids is 1. The molecule has 2 bridgehead atoms. The lowest BCUT2D eigenvalue weighted by molar-refractivity contribution is -0.147. The second-order valence-electron chi connectivity index (χ2n) is 7.63. The third kappa shape index (κ3) is 3.83. The van der Waals surface area contributed by atoms with Crippen molar-refractivity contribution in [3.05, 3.63) is 40.5 Å². The van der Waals surface area contributed by atoms with Crippen LogP contribution in [0.1, 0.15) is 35.0 Å². The Balaban J connectivity index is 1.70. The number of benzene rings is 1. The van der Waals surface area contributed by atoms with E-state index in [1.807, 2.05) is 0 Å². The van der Waals surface area contributed by atoms with Crippen LogP contribution < -0.4 is 5.32 Å².